The fourth-order valence-electron chi connectivity index (χ4n) is 5.17. The van der Waals surface area contributed by atoms with Gasteiger partial charge in [-0.05, 0) is 44.0 Å². The fourth-order valence-corrected chi connectivity index (χ4v) is 5.17. The number of nitrogens with one attached hydrogen (secondary N) is 1. The number of methoxy groups -OCH3 is 2. The molecule has 5 rings (SSSR count). The maximum atomic E-state index is 12.5. The van der Waals surface area contributed by atoms with Crippen LogP contribution in [0.2, 0.25) is 0 Å². The van der Waals surface area contributed by atoms with Crippen LogP contribution in [0.1, 0.15) is 49.8 Å². The molecule has 0 spiro atoms. The second kappa shape index (κ2) is 10.1. The third-order valence-electron chi connectivity index (χ3n) is 7.20. The van der Waals surface area contributed by atoms with Gasteiger partial charge in [0.2, 0.25) is 0 Å². The quantitative estimate of drug-likeness (QED) is 0.494. The Bertz CT molecular complexity index is 1300. The minimum atomic E-state index is -0.743. The summed E-state index contributed by atoms with van der Waals surface area (Å²) in [6.45, 7) is 10.8. The highest BCUT2D eigenvalue weighted by Crippen LogP contribution is 2.52. The third kappa shape index (κ3) is 4.40. The number of rotatable bonds is 9. The van der Waals surface area contributed by atoms with Gasteiger partial charge in [-0.3, -0.25) is 4.79 Å². The van der Waals surface area contributed by atoms with Crippen LogP contribution in [0.25, 0.3) is 0 Å². The monoisotopic (exact) mass is 522 g/mol. The molecule has 0 aliphatic carbocycles. The average Bonchev–Trinajstić information content (AvgIpc) is 3.51. The molecule has 1 N–H and O–H groups in total. The summed E-state index contributed by atoms with van der Waals surface area (Å²) in [5.74, 6) is 2.66. The Hall–Kier alpha value is -3.88. The van der Waals surface area contributed by atoms with Crippen LogP contribution in [0.5, 0.6) is 28.7 Å². The van der Waals surface area contributed by atoms with Crippen molar-refractivity contribution < 1.29 is 33.3 Å². The van der Waals surface area contributed by atoms with E-state index in [2.05, 4.69) is 17.1 Å². The molecule has 3 aliphatic heterocycles. The van der Waals surface area contributed by atoms with Gasteiger partial charge in [0.05, 0.1) is 20.1 Å². The standard InChI is InChI=1S/C29H34N2O7/c1-7-10-30-25(32)14-35-28-17(8-9-20-19(28)12-21(37-20)16(2)3)27-26-18-11-23(33-5)24(34-6)13-22(18)36-15-29(26,4)38-31-27/h8-9,11,13,21,26H,2,7,10,12,14-15H2,1,3-6H3,(H,30,32)/t21-,26?,29?/m1/s1. The van der Waals surface area contributed by atoms with Gasteiger partial charge in [0, 0.05) is 35.7 Å². The van der Waals surface area contributed by atoms with E-state index in [1.807, 2.05) is 45.0 Å². The molecule has 1 amide bonds. The van der Waals surface area contributed by atoms with E-state index >= 15 is 0 Å². The molecule has 0 saturated heterocycles. The summed E-state index contributed by atoms with van der Waals surface area (Å²) in [4.78, 5) is 18.5. The van der Waals surface area contributed by atoms with E-state index < -0.39 is 5.60 Å². The van der Waals surface area contributed by atoms with Gasteiger partial charge in [-0.15, -0.1) is 0 Å². The molecule has 0 fully saturated rings. The van der Waals surface area contributed by atoms with Crippen LogP contribution in [0.4, 0.5) is 0 Å². The second-order valence-corrected chi connectivity index (χ2v) is 10.1. The Morgan fingerprint density at radius 3 is 2.68 bits per heavy atom. The molecule has 9 heteroatoms. The number of oxime groups is 1. The van der Waals surface area contributed by atoms with E-state index in [1.165, 1.54) is 0 Å². The van der Waals surface area contributed by atoms with Gasteiger partial charge in [0.1, 0.15) is 35.7 Å². The first-order valence-electron chi connectivity index (χ1n) is 12.8. The van der Waals surface area contributed by atoms with E-state index in [1.54, 1.807) is 14.2 Å². The molecule has 0 radical (unpaired) electrons. The van der Waals surface area contributed by atoms with E-state index in [0.717, 1.165) is 28.7 Å². The summed E-state index contributed by atoms with van der Waals surface area (Å²) >= 11 is 0. The number of carbonyl (C=O) groups is 1. The van der Waals surface area contributed by atoms with Crippen LogP contribution in [0, 0.1) is 0 Å². The molecule has 3 heterocycles. The lowest BCUT2D eigenvalue weighted by atomic mass is 9.76. The second-order valence-electron chi connectivity index (χ2n) is 10.1. The summed E-state index contributed by atoms with van der Waals surface area (Å²) in [6, 6.07) is 7.58. The van der Waals surface area contributed by atoms with Crippen LogP contribution < -0.4 is 29.0 Å². The molecule has 2 unspecified atom stereocenters. The summed E-state index contributed by atoms with van der Waals surface area (Å²) in [5.41, 5.74) is 3.37. The first-order valence-corrected chi connectivity index (χ1v) is 12.8. The lowest BCUT2D eigenvalue weighted by Gasteiger charge is -2.36. The molecule has 9 nitrogen and oxygen atoms in total. The van der Waals surface area contributed by atoms with Crippen LogP contribution in [-0.2, 0) is 16.1 Å². The fraction of sp³-hybridized carbons (Fsp3) is 0.448. The van der Waals surface area contributed by atoms with Gasteiger partial charge in [0.25, 0.3) is 5.91 Å². The highest BCUT2D eigenvalue weighted by atomic mass is 16.7. The van der Waals surface area contributed by atoms with Crippen molar-refractivity contribution in [2.75, 3.05) is 34.0 Å². The van der Waals surface area contributed by atoms with Crippen molar-refractivity contribution in [3.8, 4) is 28.7 Å². The van der Waals surface area contributed by atoms with Crippen molar-refractivity contribution in [1.82, 2.24) is 5.32 Å². The summed E-state index contributed by atoms with van der Waals surface area (Å²) in [6.07, 6.45) is 1.27. The molecular formula is C29H34N2O7. The minimum absolute atomic E-state index is 0.123. The Morgan fingerprint density at radius 1 is 1.21 bits per heavy atom. The first kappa shape index (κ1) is 25.8. The lowest BCUT2D eigenvalue weighted by molar-refractivity contribution is -0.123. The van der Waals surface area contributed by atoms with E-state index in [9.17, 15) is 4.79 Å². The summed E-state index contributed by atoms with van der Waals surface area (Å²) < 4.78 is 29.5. The van der Waals surface area contributed by atoms with Crippen LogP contribution in [0.3, 0.4) is 0 Å². The van der Waals surface area contributed by atoms with Crippen molar-refractivity contribution in [2.24, 2.45) is 5.16 Å². The number of nitrogens with zero attached hydrogens (tertiary/aromatic N) is 1. The molecule has 0 saturated carbocycles. The molecule has 0 bridgehead atoms. The smallest absolute Gasteiger partial charge is 0.257 e. The number of benzene rings is 2. The maximum Gasteiger partial charge on any atom is 0.257 e. The predicted molar refractivity (Wildman–Crippen MR) is 142 cm³/mol. The lowest BCUT2D eigenvalue weighted by Crippen LogP contribution is -2.43. The Morgan fingerprint density at radius 2 is 1.97 bits per heavy atom. The highest BCUT2D eigenvalue weighted by Gasteiger charge is 2.52. The number of hydrogen-bond acceptors (Lipinski definition) is 8. The van der Waals surface area contributed by atoms with Gasteiger partial charge in [-0.2, -0.15) is 0 Å². The van der Waals surface area contributed by atoms with Crippen molar-refractivity contribution in [3.05, 3.63) is 53.1 Å². The van der Waals surface area contributed by atoms with Crippen LogP contribution in [-0.4, -0.2) is 57.3 Å². The van der Waals surface area contributed by atoms with Crippen molar-refractivity contribution in [2.45, 2.75) is 51.2 Å². The van der Waals surface area contributed by atoms with E-state index in [4.69, 9.17) is 28.5 Å². The van der Waals surface area contributed by atoms with E-state index in [-0.39, 0.29) is 24.5 Å². The van der Waals surface area contributed by atoms with E-state index in [0.29, 0.717) is 54.0 Å². The Balaban J connectivity index is 1.58. The normalized spacial score (nSPS) is 22.5. The average molecular weight is 523 g/mol. The molecule has 38 heavy (non-hydrogen) atoms. The SMILES string of the molecule is C=C(C)[C@H]1Cc2c(ccc(C3=NOC4(C)COc5cc(OC)c(OC)cc5C34)c2OCC(=O)NCCC)O1. The van der Waals surface area contributed by atoms with Gasteiger partial charge in [-0.1, -0.05) is 18.7 Å². The van der Waals surface area contributed by atoms with Crippen molar-refractivity contribution >= 4 is 11.6 Å². The summed E-state index contributed by atoms with van der Waals surface area (Å²) in [5, 5.41) is 7.43. The Kier molecular flexibility index (Phi) is 6.86. The zero-order valence-electron chi connectivity index (χ0n) is 22.5. The minimum Gasteiger partial charge on any atom is -0.493 e. The molecule has 202 valence electrons. The van der Waals surface area contributed by atoms with Crippen LogP contribution >= 0.6 is 0 Å². The number of amides is 1. The largest absolute Gasteiger partial charge is 0.493 e. The molecule has 0 aromatic heterocycles. The molecular weight excluding hydrogens is 488 g/mol. The number of carbonyl (C=O) groups excluding carboxylic acids is 1. The molecule has 2 aromatic rings. The van der Waals surface area contributed by atoms with Crippen molar-refractivity contribution in [1.29, 1.82) is 0 Å². The third-order valence-corrected chi connectivity index (χ3v) is 7.20. The maximum absolute atomic E-state index is 12.5. The molecule has 3 atom stereocenters. The summed E-state index contributed by atoms with van der Waals surface area (Å²) in [7, 11) is 3.19. The topological polar surface area (TPSA) is 96.8 Å². The van der Waals surface area contributed by atoms with Gasteiger partial charge < -0.3 is 33.8 Å². The van der Waals surface area contributed by atoms with Crippen LogP contribution in [0.15, 0.2) is 41.6 Å². The van der Waals surface area contributed by atoms with Crippen molar-refractivity contribution in [3.63, 3.8) is 0 Å². The highest BCUT2D eigenvalue weighted by molar-refractivity contribution is 6.09. The first-order chi connectivity index (χ1) is 18.3. The number of ether oxygens (including phenoxy) is 5. The van der Waals surface area contributed by atoms with Gasteiger partial charge >= 0.3 is 0 Å². The Labute approximate surface area is 222 Å². The molecule has 3 aliphatic rings. The number of fused-ring (bicyclic) bond motifs is 4. The zero-order valence-corrected chi connectivity index (χ0v) is 22.5. The van der Waals surface area contributed by atoms with Gasteiger partial charge in [0.15, 0.2) is 23.7 Å². The zero-order chi connectivity index (χ0) is 27.0. The van der Waals surface area contributed by atoms with Gasteiger partial charge in [-0.25, -0.2) is 0 Å². The number of hydrogen-bond donors (Lipinski definition) is 1. The predicted octanol–water partition coefficient (Wildman–Crippen LogP) is 4.16. The molecule has 2 aromatic carbocycles.